The van der Waals surface area contributed by atoms with E-state index in [9.17, 15) is 4.39 Å². The van der Waals surface area contributed by atoms with Crippen LogP contribution >= 0.6 is 0 Å². The Balaban J connectivity index is 2.12. The molecule has 2 rings (SSSR count). The molecule has 1 aromatic rings. The van der Waals surface area contributed by atoms with E-state index < -0.39 is 0 Å². The third-order valence-corrected chi connectivity index (χ3v) is 3.28. The normalized spacial score (nSPS) is 15.3. The van der Waals surface area contributed by atoms with Gasteiger partial charge in [-0.1, -0.05) is 6.42 Å². The van der Waals surface area contributed by atoms with Crippen molar-refractivity contribution in [2.45, 2.75) is 26.2 Å². The molecule has 1 aliphatic carbocycles. The summed E-state index contributed by atoms with van der Waals surface area (Å²) in [6.07, 6.45) is 3.82. The molecule has 16 heavy (non-hydrogen) atoms. The monoisotopic (exact) mass is 218 g/mol. The lowest BCUT2D eigenvalue weighted by molar-refractivity contribution is 0.333. The molecular weight excluding hydrogens is 203 g/mol. The second-order valence-electron chi connectivity index (χ2n) is 4.42. The van der Waals surface area contributed by atoms with Gasteiger partial charge in [0, 0.05) is 17.8 Å². The first kappa shape index (κ1) is 10.9. The van der Waals surface area contributed by atoms with E-state index in [1.165, 1.54) is 25.3 Å². The maximum absolute atomic E-state index is 13.5. The highest BCUT2D eigenvalue weighted by Crippen LogP contribution is 2.27. The van der Waals surface area contributed by atoms with Gasteiger partial charge in [0.25, 0.3) is 0 Å². The number of hydrogen-bond donors (Lipinski definition) is 1. The van der Waals surface area contributed by atoms with Gasteiger partial charge in [0.1, 0.15) is 5.82 Å². The molecule has 0 aliphatic heterocycles. The van der Waals surface area contributed by atoms with Crippen molar-refractivity contribution < 1.29 is 4.39 Å². The van der Waals surface area contributed by atoms with Crippen molar-refractivity contribution in [3.8, 4) is 6.07 Å². The van der Waals surface area contributed by atoms with Crippen LogP contribution in [0.4, 0.5) is 10.1 Å². The van der Waals surface area contributed by atoms with Crippen LogP contribution in [0.15, 0.2) is 12.1 Å². The molecule has 3 heteroatoms. The minimum atomic E-state index is -0.310. The molecule has 1 N–H and O–H groups in total. The van der Waals surface area contributed by atoms with Crippen molar-refractivity contribution in [2.24, 2.45) is 5.92 Å². The Kier molecular flexibility index (Phi) is 3.09. The number of benzene rings is 1. The molecule has 2 nitrogen and oxygen atoms in total. The first-order chi connectivity index (χ1) is 7.70. The zero-order valence-electron chi connectivity index (χ0n) is 9.39. The van der Waals surface area contributed by atoms with Gasteiger partial charge in [-0.05, 0) is 37.8 Å². The molecule has 0 bridgehead atoms. The zero-order valence-corrected chi connectivity index (χ0v) is 9.39. The summed E-state index contributed by atoms with van der Waals surface area (Å²) in [5.41, 5.74) is 1.72. The van der Waals surface area contributed by atoms with Gasteiger partial charge in [0.15, 0.2) is 0 Å². The predicted octanol–water partition coefficient (Wildman–Crippen LogP) is 3.22. The molecule has 0 spiro atoms. The molecule has 0 unspecified atom stereocenters. The van der Waals surface area contributed by atoms with Gasteiger partial charge >= 0.3 is 0 Å². The van der Waals surface area contributed by atoms with E-state index in [1.807, 2.05) is 6.07 Å². The van der Waals surface area contributed by atoms with Crippen molar-refractivity contribution in [2.75, 3.05) is 11.9 Å². The number of halogens is 1. The summed E-state index contributed by atoms with van der Waals surface area (Å²) >= 11 is 0. The van der Waals surface area contributed by atoms with Gasteiger partial charge < -0.3 is 5.32 Å². The van der Waals surface area contributed by atoms with Crippen molar-refractivity contribution in [3.05, 3.63) is 29.1 Å². The summed E-state index contributed by atoms with van der Waals surface area (Å²) in [7, 11) is 0. The van der Waals surface area contributed by atoms with Crippen molar-refractivity contribution in [3.63, 3.8) is 0 Å². The fourth-order valence-electron chi connectivity index (χ4n) is 1.88. The molecule has 84 valence electrons. The van der Waals surface area contributed by atoms with E-state index in [0.29, 0.717) is 17.0 Å². The molecule has 0 radical (unpaired) electrons. The maximum Gasteiger partial charge on any atom is 0.129 e. The summed E-state index contributed by atoms with van der Waals surface area (Å²) in [5.74, 6) is 0.406. The molecule has 0 saturated heterocycles. The fourth-order valence-corrected chi connectivity index (χ4v) is 1.88. The SMILES string of the molecule is Cc1c(F)cc(C#N)cc1NCC1CCC1. The first-order valence-electron chi connectivity index (χ1n) is 5.65. The van der Waals surface area contributed by atoms with Crippen LogP contribution in [0.25, 0.3) is 0 Å². The minimum absolute atomic E-state index is 0.310. The first-order valence-corrected chi connectivity index (χ1v) is 5.65. The molecule has 0 atom stereocenters. The van der Waals surface area contributed by atoms with Gasteiger partial charge in [-0.25, -0.2) is 4.39 Å². The van der Waals surface area contributed by atoms with E-state index in [4.69, 9.17) is 5.26 Å². The smallest absolute Gasteiger partial charge is 0.129 e. The van der Waals surface area contributed by atoms with Crippen LogP contribution in [-0.2, 0) is 0 Å². The molecule has 1 fully saturated rings. The maximum atomic E-state index is 13.5. The van der Waals surface area contributed by atoms with Crippen LogP contribution in [0.1, 0.15) is 30.4 Å². The van der Waals surface area contributed by atoms with Crippen molar-refractivity contribution >= 4 is 5.69 Å². The van der Waals surface area contributed by atoms with E-state index >= 15 is 0 Å². The van der Waals surface area contributed by atoms with E-state index in [2.05, 4.69) is 5.32 Å². The van der Waals surface area contributed by atoms with Crippen molar-refractivity contribution in [1.82, 2.24) is 0 Å². The standard InChI is InChI=1S/C13H15FN2/c1-9-12(14)5-11(7-15)6-13(9)16-8-10-3-2-4-10/h5-6,10,16H,2-4,8H2,1H3. The Labute approximate surface area is 95.1 Å². The Morgan fingerprint density at radius 3 is 2.81 bits per heavy atom. The highest BCUT2D eigenvalue weighted by atomic mass is 19.1. The Bertz CT molecular complexity index is 430. The van der Waals surface area contributed by atoms with Crippen LogP contribution < -0.4 is 5.32 Å². The number of hydrogen-bond acceptors (Lipinski definition) is 2. The van der Waals surface area contributed by atoms with Gasteiger partial charge in [0.2, 0.25) is 0 Å². The lowest BCUT2D eigenvalue weighted by Gasteiger charge is -2.26. The second-order valence-corrected chi connectivity index (χ2v) is 4.42. The Morgan fingerprint density at radius 1 is 1.50 bits per heavy atom. The van der Waals surface area contributed by atoms with E-state index in [-0.39, 0.29) is 5.82 Å². The fraction of sp³-hybridized carbons (Fsp3) is 0.462. The number of anilines is 1. The molecule has 0 aromatic heterocycles. The van der Waals surface area contributed by atoms with Gasteiger partial charge in [0.05, 0.1) is 11.6 Å². The third kappa shape index (κ3) is 2.16. The molecular formula is C13H15FN2. The van der Waals surface area contributed by atoms with Crippen LogP contribution in [-0.4, -0.2) is 6.54 Å². The Hall–Kier alpha value is -1.56. The second kappa shape index (κ2) is 4.52. The van der Waals surface area contributed by atoms with Gasteiger partial charge in [-0.15, -0.1) is 0 Å². The largest absolute Gasteiger partial charge is 0.384 e. The minimum Gasteiger partial charge on any atom is -0.384 e. The highest BCUT2D eigenvalue weighted by molar-refractivity contribution is 5.55. The van der Waals surface area contributed by atoms with E-state index in [1.54, 1.807) is 13.0 Å². The van der Waals surface area contributed by atoms with E-state index in [0.717, 1.165) is 12.2 Å². The molecule has 1 aliphatic rings. The highest BCUT2D eigenvalue weighted by Gasteiger charge is 2.17. The van der Waals surface area contributed by atoms with Crippen LogP contribution in [0.3, 0.4) is 0 Å². The predicted molar refractivity (Wildman–Crippen MR) is 61.7 cm³/mol. The van der Waals surface area contributed by atoms with Gasteiger partial charge in [-0.3, -0.25) is 0 Å². The lowest BCUT2D eigenvalue weighted by atomic mass is 9.85. The lowest BCUT2D eigenvalue weighted by Crippen LogP contribution is -2.21. The average Bonchev–Trinajstić information content (AvgIpc) is 2.21. The zero-order chi connectivity index (χ0) is 11.5. The molecule has 0 amide bonds. The topological polar surface area (TPSA) is 35.8 Å². The van der Waals surface area contributed by atoms with Crippen molar-refractivity contribution in [1.29, 1.82) is 5.26 Å². The van der Waals surface area contributed by atoms with Crippen LogP contribution in [0.5, 0.6) is 0 Å². The summed E-state index contributed by atoms with van der Waals surface area (Å²) in [6, 6.07) is 4.97. The Morgan fingerprint density at radius 2 is 2.25 bits per heavy atom. The number of nitrogens with one attached hydrogen (secondary N) is 1. The summed E-state index contributed by atoms with van der Waals surface area (Å²) in [5, 5.41) is 12.0. The number of rotatable bonds is 3. The quantitative estimate of drug-likeness (QED) is 0.845. The summed E-state index contributed by atoms with van der Waals surface area (Å²) in [4.78, 5) is 0. The molecule has 0 heterocycles. The van der Waals surface area contributed by atoms with Crippen LogP contribution in [0, 0.1) is 30.0 Å². The molecule has 1 saturated carbocycles. The number of nitriles is 1. The van der Waals surface area contributed by atoms with Crippen LogP contribution in [0.2, 0.25) is 0 Å². The van der Waals surface area contributed by atoms with Gasteiger partial charge in [-0.2, -0.15) is 5.26 Å². The molecule has 1 aromatic carbocycles. The summed E-state index contributed by atoms with van der Waals surface area (Å²) in [6.45, 7) is 2.62. The summed E-state index contributed by atoms with van der Waals surface area (Å²) < 4.78 is 13.5. The average molecular weight is 218 g/mol. The third-order valence-electron chi connectivity index (χ3n) is 3.28. The number of nitrogens with zero attached hydrogens (tertiary/aromatic N) is 1.